The molecule has 3 nitrogen and oxygen atoms in total. The molecule has 5 aromatic rings. The van der Waals surface area contributed by atoms with E-state index < -0.39 is 5.41 Å². The van der Waals surface area contributed by atoms with Crippen LogP contribution < -0.4 is 9.47 Å². The van der Waals surface area contributed by atoms with Gasteiger partial charge < -0.3 is 14.0 Å². The Hall–Kier alpha value is -5.80. The van der Waals surface area contributed by atoms with Crippen molar-refractivity contribution in [1.82, 2.24) is 4.57 Å². The van der Waals surface area contributed by atoms with Crippen LogP contribution in [0.3, 0.4) is 0 Å². The largest absolute Gasteiger partial charge is 0.461 e. The monoisotopic (exact) mass is 715 g/mol. The van der Waals surface area contributed by atoms with Crippen LogP contribution in [0.2, 0.25) is 0 Å². The van der Waals surface area contributed by atoms with Crippen LogP contribution in [-0.2, 0) is 11.8 Å². The number of hydrogen-bond acceptors (Lipinski definition) is 2. The van der Waals surface area contributed by atoms with Gasteiger partial charge in [0.15, 0.2) is 0 Å². The Bertz CT molecular complexity index is 2560. The molecule has 11 rings (SSSR count). The van der Waals surface area contributed by atoms with Crippen molar-refractivity contribution < 1.29 is 9.47 Å². The van der Waals surface area contributed by atoms with Gasteiger partial charge in [-0.25, -0.2) is 0 Å². The topological polar surface area (TPSA) is 23.4 Å². The molecule has 0 bridgehead atoms. The fourth-order valence-corrected chi connectivity index (χ4v) is 10.5. The lowest BCUT2D eigenvalue weighted by molar-refractivity contribution is 0.345. The highest BCUT2D eigenvalue weighted by Crippen LogP contribution is 2.62. The highest BCUT2D eigenvalue weighted by atomic mass is 16.5. The predicted octanol–water partition coefficient (Wildman–Crippen LogP) is 12.9. The predicted molar refractivity (Wildman–Crippen MR) is 224 cm³/mol. The third-order valence-corrected chi connectivity index (χ3v) is 13.0. The second kappa shape index (κ2) is 12.4. The first-order chi connectivity index (χ1) is 27.0. The summed E-state index contributed by atoms with van der Waals surface area (Å²) in [5, 5.41) is 0. The van der Waals surface area contributed by atoms with Gasteiger partial charge in [0.05, 0.1) is 11.1 Å². The van der Waals surface area contributed by atoms with Gasteiger partial charge in [0.1, 0.15) is 23.0 Å². The molecule has 0 saturated carbocycles. The van der Waals surface area contributed by atoms with Crippen molar-refractivity contribution in [3.05, 3.63) is 201 Å². The van der Waals surface area contributed by atoms with E-state index in [0.717, 1.165) is 59.8 Å². The average molecular weight is 716 g/mol. The zero-order valence-electron chi connectivity index (χ0n) is 31.8. The van der Waals surface area contributed by atoms with E-state index in [2.05, 4.69) is 171 Å². The number of hydrogen-bond donors (Lipinski definition) is 0. The highest BCUT2D eigenvalue weighted by Gasteiger charge is 2.52. The number of rotatable bonds is 3. The molecule has 1 spiro atoms. The van der Waals surface area contributed by atoms with E-state index >= 15 is 0 Å². The van der Waals surface area contributed by atoms with E-state index in [1.165, 1.54) is 56.0 Å². The minimum atomic E-state index is -0.626. The van der Waals surface area contributed by atoms with Gasteiger partial charge in [0.25, 0.3) is 0 Å². The van der Waals surface area contributed by atoms with Gasteiger partial charge in [0.2, 0.25) is 0 Å². The maximum absolute atomic E-state index is 7.12. The number of benzene rings is 4. The first-order valence-electron chi connectivity index (χ1n) is 20.2. The molecule has 0 amide bonds. The molecule has 2 aliphatic heterocycles. The molecule has 0 saturated heterocycles. The molecule has 4 aromatic carbocycles. The molecule has 1 aromatic heterocycles. The number of nitrogens with zero attached hydrogens (tertiary/aromatic N) is 1. The molecule has 6 aliphatic rings. The first kappa shape index (κ1) is 32.6. The Labute approximate surface area is 324 Å². The maximum atomic E-state index is 7.12. The van der Waals surface area contributed by atoms with E-state index in [0.29, 0.717) is 17.8 Å². The van der Waals surface area contributed by atoms with Gasteiger partial charge >= 0.3 is 0 Å². The standard InChI is InChI=1S/C52H45NO2/c1-32-12-11-15-38(28-32)53-45-26-20-33(2)29-40(45)50-34(3)21-24-39(51(50)53)37-23-27-48-44(30-37)52(41-16-7-9-18-46(41)54-47-19-10-8-17-42(47)52)43-25-22-36(31-49(43)55-48)35-13-5-4-6-14-35/h4-20,22-27,30,32-34,36H,21,28-29,31H2,1-3H3/t32?,33?,34-,36?/m1/s1. The molecule has 3 heterocycles. The van der Waals surface area contributed by atoms with Crippen molar-refractivity contribution in [2.24, 2.45) is 11.8 Å². The van der Waals surface area contributed by atoms with Gasteiger partial charge in [0, 0.05) is 51.6 Å². The van der Waals surface area contributed by atoms with E-state index in [4.69, 9.17) is 9.47 Å². The summed E-state index contributed by atoms with van der Waals surface area (Å²) in [7, 11) is 0. The first-order valence-corrected chi connectivity index (χ1v) is 20.2. The van der Waals surface area contributed by atoms with Gasteiger partial charge in [-0.2, -0.15) is 0 Å². The molecule has 55 heavy (non-hydrogen) atoms. The van der Waals surface area contributed by atoms with Crippen molar-refractivity contribution in [2.45, 2.75) is 63.7 Å². The van der Waals surface area contributed by atoms with Crippen molar-refractivity contribution in [1.29, 1.82) is 0 Å². The minimum Gasteiger partial charge on any atom is -0.461 e. The third-order valence-electron chi connectivity index (χ3n) is 13.0. The summed E-state index contributed by atoms with van der Waals surface area (Å²) < 4.78 is 16.5. The molecular formula is C52H45NO2. The second-order valence-corrected chi connectivity index (χ2v) is 16.6. The fraction of sp³-hybridized carbons (Fsp3) is 0.231. The zero-order valence-corrected chi connectivity index (χ0v) is 31.8. The normalized spacial score (nSPS) is 23.6. The Balaban J connectivity index is 1.15. The highest BCUT2D eigenvalue weighted by molar-refractivity contribution is 5.88. The number of fused-ring (bicyclic) bond motifs is 10. The molecule has 0 radical (unpaired) electrons. The van der Waals surface area contributed by atoms with Gasteiger partial charge in [-0.05, 0) is 95.7 Å². The number of aromatic nitrogens is 1. The zero-order chi connectivity index (χ0) is 36.8. The van der Waals surface area contributed by atoms with Crippen molar-refractivity contribution in [2.75, 3.05) is 0 Å². The van der Waals surface area contributed by atoms with Crippen molar-refractivity contribution in [3.8, 4) is 17.2 Å². The summed E-state index contributed by atoms with van der Waals surface area (Å²) >= 11 is 0. The summed E-state index contributed by atoms with van der Waals surface area (Å²) in [6, 6.07) is 35.2. The van der Waals surface area contributed by atoms with Gasteiger partial charge in [-0.3, -0.25) is 0 Å². The molecule has 0 fully saturated rings. The Morgan fingerprint density at radius 2 is 1.40 bits per heavy atom. The molecular weight excluding hydrogens is 671 g/mol. The Morgan fingerprint density at radius 3 is 2.18 bits per heavy atom. The van der Waals surface area contributed by atoms with Crippen LogP contribution in [-0.4, -0.2) is 4.57 Å². The average Bonchev–Trinajstić information content (AvgIpc) is 3.56. The second-order valence-electron chi connectivity index (χ2n) is 16.6. The summed E-state index contributed by atoms with van der Waals surface area (Å²) in [6.45, 7) is 7.12. The maximum Gasteiger partial charge on any atom is 0.132 e. The lowest BCUT2D eigenvalue weighted by Gasteiger charge is -2.46. The Kier molecular flexibility index (Phi) is 7.33. The molecule has 4 aliphatic carbocycles. The van der Waals surface area contributed by atoms with E-state index in [-0.39, 0.29) is 5.92 Å². The summed E-state index contributed by atoms with van der Waals surface area (Å²) in [4.78, 5) is 0. The number of para-hydroxylation sites is 2. The number of allylic oxidation sites excluding steroid dienone is 10. The summed E-state index contributed by atoms with van der Waals surface area (Å²) in [5.74, 6) is 5.44. The Morgan fingerprint density at radius 1 is 0.673 bits per heavy atom. The fourth-order valence-electron chi connectivity index (χ4n) is 10.5. The van der Waals surface area contributed by atoms with Crippen LogP contribution in [0.1, 0.15) is 102 Å². The molecule has 4 atom stereocenters. The van der Waals surface area contributed by atoms with Crippen LogP contribution in [0.4, 0.5) is 0 Å². The van der Waals surface area contributed by atoms with Gasteiger partial charge in [-0.15, -0.1) is 0 Å². The van der Waals surface area contributed by atoms with Gasteiger partial charge in [-0.1, -0.05) is 130 Å². The SMILES string of the molecule is CC1C=CC=C(n2c3c(c4c2C(c2ccc5c(c2)C2(C6=C(CC(c7ccccc7)C=C6)O5)c5ccccc5Oc5ccccc52)=CC[C@H]4C)CC(C)C=C3)C1. The number of ether oxygens (including phenoxy) is 2. The summed E-state index contributed by atoms with van der Waals surface area (Å²) in [5.41, 5.74) is 15.1. The van der Waals surface area contributed by atoms with Crippen LogP contribution in [0.15, 0.2) is 151 Å². The minimum absolute atomic E-state index is 0.234. The quantitative estimate of drug-likeness (QED) is 0.186. The molecule has 0 N–H and O–H groups in total. The van der Waals surface area contributed by atoms with Crippen LogP contribution in [0.25, 0.3) is 17.3 Å². The van der Waals surface area contributed by atoms with E-state index in [1.807, 2.05) is 0 Å². The van der Waals surface area contributed by atoms with Crippen LogP contribution >= 0.6 is 0 Å². The summed E-state index contributed by atoms with van der Waals surface area (Å²) in [6.07, 6.45) is 23.0. The molecule has 3 heteroatoms. The lowest BCUT2D eigenvalue weighted by Crippen LogP contribution is -2.39. The van der Waals surface area contributed by atoms with Crippen molar-refractivity contribution >= 4 is 17.3 Å². The van der Waals surface area contributed by atoms with Crippen LogP contribution in [0, 0.1) is 11.8 Å². The third kappa shape index (κ3) is 4.81. The van der Waals surface area contributed by atoms with E-state index in [9.17, 15) is 0 Å². The van der Waals surface area contributed by atoms with Crippen molar-refractivity contribution in [3.63, 3.8) is 0 Å². The lowest BCUT2D eigenvalue weighted by atomic mass is 9.60. The van der Waals surface area contributed by atoms with Crippen LogP contribution in [0.5, 0.6) is 17.2 Å². The molecule has 3 unspecified atom stereocenters. The smallest absolute Gasteiger partial charge is 0.132 e. The molecule has 270 valence electrons. The van der Waals surface area contributed by atoms with E-state index in [1.54, 1.807) is 0 Å².